The van der Waals surface area contributed by atoms with Gasteiger partial charge in [0.25, 0.3) is 0 Å². The number of ether oxygens (including phenoxy) is 1. The highest BCUT2D eigenvalue weighted by Gasteiger charge is 2.47. The lowest BCUT2D eigenvalue weighted by molar-refractivity contribution is -0.148. The molecule has 1 fully saturated rings. The minimum absolute atomic E-state index is 0.0851. The molecule has 5 nitrogen and oxygen atoms in total. The third kappa shape index (κ3) is 5.21. The summed E-state index contributed by atoms with van der Waals surface area (Å²) in [4.78, 5) is 25.3. The van der Waals surface area contributed by atoms with Gasteiger partial charge in [-0.2, -0.15) is 0 Å². The zero-order valence-electron chi connectivity index (χ0n) is 14.2. The minimum atomic E-state index is -0.829. The molecule has 1 saturated heterocycles. The predicted octanol–water partition coefficient (Wildman–Crippen LogP) is 3.52. The van der Waals surface area contributed by atoms with Gasteiger partial charge in [-0.25, -0.2) is 4.79 Å². The van der Waals surface area contributed by atoms with Gasteiger partial charge in [-0.3, -0.25) is 4.79 Å². The SMILES string of the molecule is CC(C)(C)CCC1(C(=O)O)CCN(C(=O)OC(C)(C)C)C1. The van der Waals surface area contributed by atoms with Gasteiger partial charge in [-0.05, 0) is 45.4 Å². The number of likely N-dealkylation sites (tertiary alicyclic amines) is 1. The number of nitrogens with zero attached hydrogens (tertiary/aromatic N) is 1. The molecule has 1 atom stereocenters. The molecule has 0 radical (unpaired) electrons. The standard InChI is InChI=1S/C16H29NO4/c1-14(2,3)7-8-16(12(18)19)9-10-17(11-16)13(20)21-15(4,5)6/h7-11H2,1-6H3,(H,18,19). The molecular formula is C16H29NO4. The maximum Gasteiger partial charge on any atom is 0.410 e. The smallest absolute Gasteiger partial charge is 0.410 e. The average Bonchev–Trinajstić information content (AvgIpc) is 2.68. The van der Waals surface area contributed by atoms with E-state index in [0.29, 0.717) is 19.4 Å². The molecule has 1 aliphatic rings. The van der Waals surface area contributed by atoms with Gasteiger partial charge in [0.2, 0.25) is 0 Å². The highest BCUT2D eigenvalue weighted by molar-refractivity contribution is 5.78. The van der Waals surface area contributed by atoms with E-state index in [1.165, 1.54) is 4.90 Å². The van der Waals surface area contributed by atoms with E-state index >= 15 is 0 Å². The van der Waals surface area contributed by atoms with Crippen LogP contribution in [0.1, 0.15) is 60.8 Å². The number of carboxylic acid groups (broad SMARTS) is 1. The Kier molecular flexibility index (Phi) is 4.96. The van der Waals surface area contributed by atoms with Crippen molar-refractivity contribution in [1.29, 1.82) is 0 Å². The molecule has 0 aliphatic carbocycles. The Balaban J connectivity index is 2.74. The monoisotopic (exact) mass is 299 g/mol. The number of carbonyl (C=O) groups is 2. The van der Waals surface area contributed by atoms with Crippen LogP contribution >= 0.6 is 0 Å². The lowest BCUT2D eigenvalue weighted by Crippen LogP contribution is -2.39. The van der Waals surface area contributed by atoms with E-state index in [1.807, 2.05) is 20.8 Å². The Hall–Kier alpha value is -1.26. The van der Waals surface area contributed by atoms with Crippen molar-refractivity contribution in [2.75, 3.05) is 13.1 Å². The molecule has 0 aromatic carbocycles. The van der Waals surface area contributed by atoms with Crippen molar-refractivity contribution in [3.63, 3.8) is 0 Å². The maximum atomic E-state index is 12.1. The number of aliphatic carboxylic acids is 1. The van der Waals surface area contributed by atoms with Crippen LogP contribution < -0.4 is 0 Å². The van der Waals surface area contributed by atoms with Crippen LogP contribution in [0.2, 0.25) is 0 Å². The van der Waals surface area contributed by atoms with E-state index in [2.05, 4.69) is 20.8 Å². The van der Waals surface area contributed by atoms with Crippen LogP contribution in [0.3, 0.4) is 0 Å². The van der Waals surface area contributed by atoms with Gasteiger partial charge in [0.1, 0.15) is 5.60 Å². The van der Waals surface area contributed by atoms with Crippen molar-refractivity contribution < 1.29 is 19.4 Å². The van der Waals surface area contributed by atoms with Crippen molar-refractivity contribution >= 4 is 12.1 Å². The van der Waals surface area contributed by atoms with E-state index in [9.17, 15) is 14.7 Å². The van der Waals surface area contributed by atoms with Crippen LogP contribution in [0, 0.1) is 10.8 Å². The van der Waals surface area contributed by atoms with E-state index in [4.69, 9.17) is 4.74 Å². The molecule has 0 saturated carbocycles. The normalized spacial score (nSPS) is 23.2. The molecule has 0 aromatic heterocycles. The molecule has 0 spiro atoms. The van der Waals surface area contributed by atoms with E-state index in [0.717, 1.165) is 6.42 Å². The number of carbonyl (C=O) groups excluding carboxylic acids is 1. The van der Waals surface area contributed by atoms with E-state index in [-0.39, 0.29) is 12.0 Å². The molecular weight excluding hydrogens is 270 g/mol. The summed E-state index contributed by atoms with van der Waals surface area (Å²) in [6.45, 7) is 12.4. The first-order valence-corrected chi connectivity index (χ1v) is 7.56. The predicted molar refractivity (Wildman–Crippen MR) is 81.2 cm³/mol. The molecule has 1 N–H and O–H groups in total. The second-order valence-electron chi connectivity index (χ2n) is 8.30. The fraction of sp³-hybridized carbons (Fsp3) is 0.875. The third-order valence-electron chi connectivity index (χ3n) is 3.81. The summed E-state index contributed by atoms with van der Waals surface area (Å²) in [6.07, 6.45) is 1.49. The summed E-state index contributed by atoms with van der Waals surface area (Å²) in [5, 5.41) is 9.61. The second kappa shape index (κ2) is 5.85. The average molecular weight is 299 g/mol. The van der Waals surface area contributed by atoms with Gasteiger partial charge in [-0.1, -0.05) is 20.8 Å². The molecule has 0 bridgehead atoms. The topological polar surface area (TPSA) is 66.8 Å². The van der Waals surface area contributed by atoms with Crippen LogP contribution in [0.25, 0.3) is 0 Å². The highest BCUT2D eigenvalue weighted by Crippen LogP contribution is 2.39. The molecule has 1 amide bonds. The van der Waals surface area contributed by atoms with Gasteiger partial charge in [0.15, 0.2) is 0 Å². The van der Waals surface area contributed by atoms with Gasteiger partial charge >= 0.3 is 12.1 Å². The fourth-order valence-corrected chi connectivity index (χ4v) is 2.45. The van der Waals surface area contributed by atoms with Crippen LogP contribution in [-0.2, 0) is 9.53 Å². The molecule has 122 valence electrons. The van der Waals surface area contributed by atoms with Crippen molar-refractivity contribution in [2.24, 2.45) is 10.8 Å². The quantitative estimate of drug-likeness (QED) is 0.865. The van der Waals surface area contributed by atoms with Crippen molar-refractivity contribution in [3.05, 3.63) is 0 Å². The molecule has 1 aliphatic heterocycles. The first-order valence-electron chi connectivity index (χ1n) is 7.56. The van der Waals surface area contributed by atoms with Crippen LogP contribution in [0.5, 0.6) is 0 Å². The highest BCUT2D eigenvalue weighted by atomic mass is 16.6. The number of carboxylic acids is 1. The Bertz CT molecular complexity index is 405. The van der Waals surface area contributed by atoms with Gasteiger partial charge in [0.05, 0.1) is 5.41 Å². The Morgan fingerprint density at radius 1 is 1.19 bits per heavy atom. The first-order chi connectivity index (χ1) is 9.35. The number of hydrogen-bond acceptors (Lipinski definition) is 3. The zero-order valence-corrected chi connectivity index (χ0v) is 14.2. The van der Waals surface area contributed by atoms with Crippen LogP contribution in [0.4, 0.5) is 4.79 Å². The summed E-state index contributed by atoms with van der Waals surface area (Å²) in [7, 11) is 0. The fourth-order valence-electron chi connectivity index (χ4n) is 2.45. The van der Waals surface area contributed by atoms with Crippen LogP contribution in [-0.4, -0.2) is 40.8 Å². The lowest BCUT2D eigenvalue weighted by Gasteiger charge is -2.29. The summed E-state index contributed by atoms with van der Waals surface area (Å²) >= 11 is 0. The molecule has 5 heteroatoms. The molecule has 1 rings (SSSR count). The zero-order chi connectivity index (χ0) is 16.5. The Morgan fingerprint density at radius 3 is 2.19 bits per heavy atom. The number of rotatable bonds is 3. The van der Waals surface area contributed by atoms with Crippen molar-refractivity contribution in [3.8, 4) is 0 Å². The third-order valence-corrected chi connectivity index (χ3v) is 3.81. The molecule has 21 heavy (non-hydrogen) atoms. The molecule has 1 unspecified atom stereocenters. The summed E-state index contributed by atoms with van der Waals surface area (Å²) in [5.41, 5.74) is -1.30. The van der Waals surface area contributed by atoms with Gasteiger partial charge in [0, 0.05) is 13.1 Å². The largest absolute Gasteiger partial charge is 0.481 e. The molecule has 1 heterocycles. The summed E-state index contributed by atoms with van der Waals surface area (Å²) in [5.74, 6) is -0.808. The van der Waals surface area contributed by atoms with Crippen LogP contribution in [0.15, 0.2) is 0 Å². The molecule has 0 aromatic rings. The Morgan fingerprint density at radius 2 is 1.76 bits per heavy atom. The van der Waals surface area contributed by atoms with Gasteiger partial charge < -0.3 is 14.7 Å². The van der Waals surface area contributed by atoms with Crippen molar-refractivity contribution in [1.82, 2.24) is 4.90 Å². The minimum Gasteiger partial charge on any atom is -0.481 e. The first kappa shape index (κ1) is 17.8. The van der Waals surface area contributed by atoms with Crippen molar-refractivity contribution in [2.45, 2.75) is 66.4 Å². The summed E-state index contributed by atoms with van der Waals surface area (Å²) < 4.78 is 5.33. The van der Waals surface area contributed by atoms with E-state index in [1.54, 1.807) is 0 Å². The van der Waals surface area contributed by atoms with E-state index < -0.39 is 23.1 Å². The Labute approximate surface area is 127 Å². The lowest BCUT2D eigenvalue weighted by atomic mass is 9.77. The number of hydrogen-bond donors (Lipinski definition) is 1. The summed E-state index contributed by atoms with van der Waals surface area (Å²) in [6, 6.07) is 0. The van der Waals surface area contributed by atoms with Gasteiger partial charge in [-0.15, -0.1) is 0 Å². The number of amides is 1. The second-order valence-corrected chi connectivity index (χ2v) is 8.30. The maximum absolute atomic E-state index is 12.1.